The minimum absolute atomic E-state index is 0.382. The van der Waals surface area contributed by atoms with Gasteiger partial charge in [0.1, 0.15) is 11.3 Å². The second-order valence-corrected chi connectivity index (χ2v) is 7.34. The molecule has 0 heterocycles. The molecule has 2 aromatic rings. The number of thioether (sulfide) groups is 1. The van der Waals surface area contributed by atoms with Gasteiger partial charge in [-0.25, -0.2) is 9.79 Å². The van der Waals surface area contributed by atoms with Gasteiger partial charge in [-0.3, -0.25) is 0 Å². The molecule has 0 unspecified atom stereocenters. The predicted octanol–water partition coefficient (Wildman–Crippen LogP) is 5.09. The van der Waals surface area contributed by atoms with Crippen molar-refractivity contribution in [1.29, 1.82) is 0 Å². The molecule has 1 aliphatic rings. The summed E-state index contributed by atoms with van der Waals surface area (Å²) in [6, 6.07) is 15.4. The van der Waals surface area contributed by atoms with Gasteiger partial charge in [-0.1, -0.05) is 30.0 Å². The smallest absolute Gasteiger partial charge is 0.341 e. The van der Waals surface area contributed by atoms with E-state index in [-0.39, 0.29) is 0 Å². The summed E-state index contributed by atoms with van der Waals surface area (Å²) in [6.45, 7) is 0. The van der Waals surface area contributed by atoms with Crippen LogP contribution < -0.4 is 4.74 Å². The first-order valence-electron chi connectivity index (χ1n) is 8.97. The molecule has 0 radical (unpaired) electrons. The van der Waals surface area contributed by atoms with Gasteiger partial charge in [0.2, 0.25) is 0 Å². The lowest BCUT2D eigenvalue weighted by Gasteiger charge is -2.12. The van der Waals surface area contributed by atoms with E-state index in [1.54, 1.807) is 18.9 Å². The average Bonchev–Trinajstić information content (AvgIpc) is 3.57. The van der Waals surface area contributed by atoms with E-state index in [2.05, 4.69) is 0 Å². The Bertz CT molecular complexity index is 886. The Kier molecular flexibility index (Phi) is 6.76. The van der Waals surface area contributed by atoms with Crippen LogP contribution in [0, 0.1) is 5.92 Å². The van der Waals surface area contributed by atoms with Crippen molar-refractivity contribution in [2.45, 2.75) is 17.7 Å². The van der Waals surface area contributed by atoms with Gasteiger partial charge in [0.15, 0.2) is 0 Å². The van der Waals surface area contributed by atoms with E-state index in [1.165, 1.54) is 20.5 Å². The molecule has 5 nitrogen and oxygen atoms in total. The fourth-order valence-electron chi connectivity index (χ4n) is 2.65. The number of carbonyl (C=O) groups excluding carboxylic acids is 1. The topological polar surface area (TPSA) is 57.1 Å². The van der Waals surface area contributed by atoms with Crippen molar-refractivity contribution in [1.82, 2.24) is 0 Å². The summed E-state index contributed by atoms with van der Waals surface area (Å²) < 4.78 is 15.2. The van der Waals surface area contributed by atoms with Crippen LogP contribution in [0.2, 0.25) is 0 Å². The number of rotatable bonds is 7. The van der Waals surface area contributed by atoms with Gasteiger partial charge in [0.05, 0.1) is 38.3 Å². The number of benzene rings is 2. The van der Waals surface area contributed by atoms with E-state index < -0.39 is 5.97 Å². The van der Waals surface area contributed by atoms with Gasteiger partial charge in [0, 0.05) is 16.4 Å². The number of hydrogen-bond acceptors (Lipinski definition) is 6. The highest BCUT2D eigenvalue weighted by atomic mass is 32.2. The van der Waals surface area contributed by atoms with E-state index in [0.717, 1.165) is 39.8 Å². The summed E-state index contributed by atoms with van der Waals surface area (Å²) in [5.41, 5.74) is 2.03. The largest absolute Gasteiger partial charge is 0.503 e. The first-order chi connectivity index (χ1) is 13.7. The number of hydrogen-bond donors (Lipinski definition) is 0. The number of carbonyl (C=O) groups is 1. The SMILES string of the molecule is CO/C=C(/C(=O)OC)c1ccccc1SC(=Nc1ccc(OC)cc1)C1CC1. The van der Waals surface area contributed by atoms with Crippen LogP contribution in [-0.2, 0) is 14.3 Å². The molecule has 0 N–H and O–H groups in total. The van der Waals surface area contributed by atoms with Gasteiger partial charge >= 0.3 is 5.97 Å². The molecule has 0 spiro atoms. The van der Waals surface area contributed by atoms with Gasteiger partial charge in [-0.2, -0.15) is 0 Å². The number of aliphatic imine (C=N–C) groups is 1. The zero-order valence-electron chi connectivity index (χ0n) is 16.2. The summed E-state index contributed by atoms with van der Waals surface area (Å²) in [5, 5.41) is 1.04. The van der Waals surface area contributed by atoms with E-state index >= 15 is 0 Å². The number of ether oxygens (including phenoxy) is 3. The summed E-state index contributed by atoms with van der Waals surface area (Å²) in [6.07, 6.45) is 3.67. The van der Waals surface area contributed by atoms with Gasteiger partial charge in [-0.05, 0) is 43.2 Å². The molecular formula is C22H23NO4S. The van der Waals surface area contributed by atoms with Crippen LogP contribution in [0.4, 0.5) is 5.69 Å². The quantitative estimate of drug-likeness (QED) is 0.163. The molecule has 0 aromatic heterocycles. The van der Waals surface area contributed by atoms with Crippen molar-refractivity contribution >= 4 is 34.0 Å². The molecule has 28 heavy (non-hydrogen) atoms. The molecule has 2 aromatic carbocycles. The first-order valence-corrected chi connectivity index (χ1v) is 9.79. The fraction of sp³-hybridized carbons (Fsp3) is 0.273. The molecule has 0 saturated heterocycles. The summed E-state index contributed by atoms with van der Waals surface area (Å²) in [4.78, 5) is 18.0. The molecule has 0 bridgehead atoms. The third-order valence-corrected chi connectivity index (χ3v) is 5.48. The lowest BCUT2D eigenvalue weighted by atomic mass is 10.1. The standard InChI is InChI=1S/C22H23NO4S/c1-25-14-19(22(24)27-3)18-6-4-5-7-20(18)28-21(15-8-9-15)23-16-10-12-17(26-2)13-11-16/h4-7,10-15H,8-9H2,1-3H3/b19-14+,23-21?. The predicted molar refractivity (Wildman–Crippen MR) is 112 cm³/mol. The van der Waals surface area contributed by atoms with Crippen LogP contribution in [0.1, 0.15) is 18.4 Å². The Morgan fingerprint density at radius 2 is 1.79 bits per heavy atom. The molecule has 1 fully saturated rings. The molecular weight excluding hydrogens is 374 g/mol. The Morgan fingerprint density at radius 3 is 2.39 bits per heavy atom. The van der Waals surface area contributed by atoms with Crippen LogP contribution in [-0.4, -0.2) is 32.3 Å². The summed E-state index contributed by atoms with van der Waals surface area (Å²) in [5.74, 6) is 0.820. The molecule has 1 aliphatic carbocycles. The Balaban J connectivity index is 1.93. The lowest BCUT2D eigenvalue weighted by molar-refractivity contribution is -0.133. The maximum Gasteiger partial charge on any atom is 0.341 e. The highest BCUT2D eigenvalue weighted by molar-refractivity contribution is 8.14. The molecule has 6 heteroatoms. The first kappa shape index (κ1) is 20.0. The van der Waals surface area contributed by atoms with E-state index in [4.69, 9.17) is 19.2 Å². The highest BCUT2D eigenvalue weighted by Gasteiger charge is 2.29. The number of esters is 1. The Labute approximate surface area is 169 Å². The highest BCUT2D eigenvalue weighted by Crippen LogP contribution is 2.41. The van der Waals surface area contributed by atoms with E-state index in [9.17, 15) is 4.79 Å². The van der Waals surface area contributed by atoms with Gasteiger partial charge in [0.25, 0.3) is 0 Å². The molecule has 3 rings (SSSR count). The normalized spacial score (nSPS) is 14.5. The molecule has 1 saturated carbocycles. The maximum absolute atomic E-state index is 12.2. The minimum atomic E-state index is -0.435. The summed E-state index contributed by atoms with van der Waals surface area (Å²) >= 11 is 1.59. The van der Waals surface area contributed by atoms with Crippen LogP contribution in [0.15, 0.2) is 64.7 Å². The molecule has 0 aliphatic heterocycles. The zero-order chi connectivity index (χ0) is 19.9. The van der Waals surface area contributed by atoms with Crippen molar-refractivity contribution in [2.24, 2.45) is 10.9 Å². The average molecular weight is 397 g/mol. The monoisotopic (exact) mass is 397 g/mol. The van der Waals surface area contributed by atoms with Crippen LogP contribution >= 0.6 is 11.8 Å². The third-order valence-electron chi connectivity index (χ3n) is 4.27. The third kappa shape index (κ3) is 4.95. The van der Waals surface area contributed by atoms with Gasteiger partial charge < -0.3 is 14.2 Å². The second kappa shape index (κ2) is 9.46. The van der Waals surface area contributed by atoms with Crippen LogP contribution in [0.3, 0.4) is 0 Å². The Hall–Kier alpha value is -2.73. The van der Waals surface area contributed by atoms with Crippen molar-refractivity contribution in [2.75, 3.05) is 21.3 Å². The summed E-state index contributed by atoms with van der Waals surface area (Å²) in [7, 11) is 4.52. The second-order valence-electron chi connectivity index (χ2n) is 6.28. The zero-order valence-corrected chi connectivity index (χ0v) is 17.0. The molecule has 0 amide bonds. The van der Waals surface area contributed by atoms with Crippen molar-refractivity contribution in [3.8, 4) is 5.75 Å². The van der Waals surface area contributed by atoms with E-state index in [0.29, 0.717) is 11.5 Å². The molecule has 146 valence electrons. The fourth-order valence-corrected chi connectivity index (χ4v) is 3.87. The Morgan fingerprint density at radius 1 is 1.07 bits per heavy atom. The van der Waals surface area contributed by atoms with Crippen molar-refractivity contribution in [3.63, 3.8) is 0 Å². The maximum atomic E-state index is 12.2. The van der Waals surface area contributed by atoms with Crippen molar-refractivity contribution in [3.05, 3.63) is 60.4 Å². The lowest BCUT2D eigenvalue weighted by Crippen LogP contribution is -2.06. The van der Waals surface area contributed by atoms with E-state index in [1.807, 2.05) is 48.5 Å². The number of nitrogens with zero attached hydrogens (tertiary/aromatic N) is 1. The van der Waals surface area contributed by atoms with Gasteiger partial charge in [-0.15, -0.1) is 0 Å². The molecule has 0 atom stereocenters. The minimum Gasteiger partial charge on any atom is -0.503 e. The number of methoxy groups -OCH3 is 3. The van der Waals surface area contributed by atoms with Crippen molar-refractivity contribution < 1.29 is 19.0 Å². The van der Waals surface area contributed by atoms with Crippen LogP contribution in [0.25, 0.3) is 5.57 Å². The van der Waals surface area contributed by atoms with Crippen LogP contribution in [0.5, 0.6) is 5.75 Å².